The second-order valence-corrected chi connectivity index (χ2v) is 6.13. The highest BCUT2D eigenvalue weighted by molar-refractivity contribution is 5.82. The lowest BCUT2D eigenvalue weighted by Gasteiger charge is -2.21. The Kier molecular flexibility index (Phi) is 4.29. The SMILES string of the molecule is Cc1cc(C)c2[nH]c(CN3CCOC[C@H](O)C3)cc(=O)c2c1. The number of H-pyrrole nitrogens is 1. The number of nitrogens with zero attached hydrogens (tertiary/aromatic N) is 1. The molecule has 1 aliphatic heterocycles. The van der Waals surface area contributed by atoms with Gasteiger partial charge in [-0.1, -0.05) is 6.07 Å². The Morgan fingerprint density at radius 1 is 1.36 bits per heavy atom. The van der Waals surface area contributed by atoms with Crippen LogP contribution in [0.1, 0.15) is 16.8 Å². The molecule has 118 valence electrons. The molecule has 1 fully saturated rings. The molecule has 3 rings (SSSR count). The Bertz CT molecular complexity index is 738. The van der Waals surface area contributed by atoms with Crippen molar-refractivity contribution < 1.29 is 9.84 Å². The molecular formula is C17H22N2O3. The number of aryl methyl sites for hydroxylation is 2. The van der Waals surface area contributed by atoms with Crippen LogP contribution in [-0.4, -0.2) is 47.4 Å². The minimum Gasteiger partial charge on any atom is -0.389 e. The normalized spacial score (nSPS) is 20.2. The van der Waals surface area contributed by atoms with Gasteiger partial charge in [-0.15, -0.1) is 0 Å². The van der Waals surface area contributed by atoms with Crippen molar-refractivity contribution >= 4 is 10.9 Å². The first-order chi connectivity index (χ1) is 10.5. The molecule has 0 unspecified atom stereocenters. The highest BCUT2D eigenvalue weighted by Crippen LogP contribution is 2.17. The molecule has 1 aromatic heterocycles. The molecule has 5 heteroatoms. The van der Waals surface area contributed by atoms with Gasteiger partial charge in [0.25, 0.3) is 0 Å². The molecule has 2 N–H and O–H groups in total. The number of hydrogen-bond donors (Lipinski definition) is 2. The van der Waals surface area contributed by atoms with Gasteiger partial charge < -0.3 is 14.8 Å². The van der Waals surface area contributed by atoms with Crippen molar-refractivity contribution in [2.24, 2.45) is 0 Å². The summed E-state index contributed by atoms with van der Waals surface area (Å²) in [6, 6.07) is 5.67. The first-order valence-corrected chi connectivity index (χ1v) is 7.64. The number of fused-ring (bicyclic) bond motifs is 1. The average molecular weight is 302 g/mol. The largest absolute Gasteiger partial charge is 0.389 e. The van der Waals surface area contributed by atoms with Crippen LogP contribution in [0.5, 0.6) is 0 Å². The van der Waals surface area contributed by atoms with Crippen molar-refractivity contribution in [1.82, 2.24) is 9.88 Å². The van der Waals surface area contributed by atoms with Gasteiger partial charge in [0.05, 0.1) is 24.8 Å². The van der Waals surface area contributed by atoms with E-state index in [1.807, 2.05) is 19.9 Å². The van der Waals surface area contributed by atoms with E-state index in [1.165, 1.54) is 0 Å². The highest BCUT2D eigenvalue weighted by atomic mass is 16.5. The summed E-state index contributed by atoms with van der Waals surface area (Å²) in [7, 11) is 0. The van der Waals surface area contributed by atoms with Crippen molar-refractivity contribution in [1.29, 1.82) is 0 Å². The molecule has 1 saturated heterocycles. The van der Waals surface area contributed by atoms with Gasteiger partial charge in [-0.3, -0.25) is 9.69 Å². The van der Waals surface area contributed by atoms with Crippen LogP contribution in [0.15, 0.2) is 23.0 Å². The van der Waals surface area contributed by atoms with E-state index < -0.39 is 6.10 Å². The van der Waals surface area contributed by atoms with Crippen molar-refractivity contribution in [2.75, 3.05) is 26.3 Å². The van der Waals surface area contributed by atoms with Crippen molar-refractivity contribution in [3.63, 3.8) is 0 Å². The van der Waals surface area contributed by atoms with Crippen molar-refractivity contribution in [3.8, 4) is 0 Å². The van der Waals surface area contributed by atoms with Gasteiger partial charge in [-0.2, -0.15) is 0 Å². The number of pyridine rings is 1. The number of aliphatic hydroxyl groups is 1. The van der Waals surface area contributed by atoms with Crippen LogP contribution >= 0.6 is 0 Å². The molecule has 0 amide bonds. The summed E-state index contributed by atoms with van der Waals surface area (Å²) in [5.41, 5.74) is 3.99. The molecule has 1 atom stereocenters. The van der Waals surface area contributed by atoms with E-state index >= 15 is 0 Å². The van der Waals surface area contributed by atoms with E-state index in [4.69, 9.17) is 4.74 Å². The lowest BCUT2D eigenvalue weighted by atomic mass is 10.1. The fraction of sp³-hybridized carbons (Fsp3) is 0.471. The summed E-state index contributed by atoms with van der Waals surface area (Å²) in [6.07, 6.45) is -0.473. The van der Waals surface area contributed by atoms with E-state index in [0.717, 1.165) is 34.3 Å². The Labute approximate surface area is 129 Å². The predicted octanol–water partition coefficient (Wildman–Crippen LogP) is 1.34. The smallest absolute Gasteiger partial charge is 0.189 e. The van der Waals surface area contributed by atoms with Gasteiger partial charge in [-0.05, 0) is 31.0 Å². The van der Waals surface area contributed by atoms with Crippen LogP contribution < -0.4 is 5.43 Å². The summed E-state index contributed by atoms with van der Waals surface area (Å²) < 4.78 is 5.34. The standard InChI is InChI=1S/C17H22N2O3/c1-11-5-12(2)17-15(6-11)16(21)7-13(18-17)8-19-3-4-22-10-14(20)9-19/h5-7,14,20H,3-4,8-10H2,1-2H3,(H,18,21)/t14-/m1/s1. The molecule has 0 bridgehead atoms. The lowest BCUT2D eigenvalue weighted by Crippen LogP contribution is -2.32. The maximum absolute atomic E-state index is 12.4. The molecule has 2 heterocycles. The molecule has 1 aromatic carbocycles. The highest BCUT2D eigenvalue weighted by Gasteiger charge is 2.17. The van der Waals surface area contributed by atoms with Gasteiger partial charge in [0.15, 0.2) is 5.43 Å². The summed E-state index contributed by atoms with van der Waals surface area (Å²) >= 11 is 0. The molecule has 0 aliphatic carbocycles. The number of rotatable bonds is 2. The monoisotopic (exact) mass is 302 g/mol. The number of nitrogens with one attached hydrogen (secondary N) is 1. The van der Waals surface area contributed by atoms with Gasteiger partial charge in [0, 0.05) is 36.8 Å². The lowest BCUT2D eigenvalue weighted by molar-refractivity contribution is 0.0562. The maximum Gasteiger partial charge on any atom is 0.189 e. The predicted molar refractivity (Wildman–Crippen MR) is 86.1 cm³/mol. The molecule has 5 nitrogen and oxygen atoms in total. The van der Waals surface area contributed by atoms with Crippen LogP contribution in [0.2, 0.25) is 0 Å². The number of aromatic amines is 1. The summed E-state index contributed by atoms with van der Waals surface area (Å²) in [5, 5.41) is 10.5. The van der Waals surface area contributed by atoms with E-state index in [2.05, 4.69) is 16.0 Å². The zero-order valence-electron chi connectivity index (χ0n) is 13.1. The maximum atomic E-state index is 12.4. The first kappa shape index (κ1) is 15.2. The van der Waals surface area contributed by atoms with Gasteiger partial charge in [-0.25, -0.2) is 0 Å². The van der Waals surface area contributed by atoms with Gasteiger partial charge >= 0.3 is 0 Å². The fourth-order valence-electron chi connectivity index (χ4n) is 3.09. The minimum absolute atomic E-state index is 0.0437. The Morgan fingerprint density at radius 2 is 2.18 bits per heavy atom. The Hall–Kier alpha value is -1.69. The molecule has 0 spiro atoms. The number of β-amino-alcohol motifs (C(OH)–C–C–N with tert-alkyl or cyclic N) is 1. The van der Waals surface area contributed by atoms with E-state index in [-0.39, 0.29) is 5.43 Å². The van der Waals surface area contributed by atoms with Crippen LogP contribution in [0.25, 0.3) is 10.9 Å². The summed E-state index contributed by atoms with van der Waals surface area (Å²) in [4.78, 5) is 17.9. The molecule has 2 aromatic rings. The molecule has 0 radical (unpaired) electrons. The average Bonchev–Trinajstić information content (AvgIpc) is 2.64. The van der Waals surface area contributed by atoms with Crippen molar-refractivity contribution in [3.05, 3.63) is 45.2 Å². The van der Waals surface area contributed by atoms with Crippen LogP contribution in [0.4, 0.5) is 0 Å². The molecule has 1 aliphatic rings. The van der Waals surface area contributed by atoms with Crippen LogP contribution in [0, 0.1) is 13.8 Å². The van der Waals surface area contributed by atoms with E-state index in [1.54, 1.807) is 6.07 Å². The quantitative estimate of drug-likeness (QED) is 0.878. The van der Waals surface area contributed by atoms with Crippen LogP contribution in [-0.2, 0) is 11.3 Å². The third-order valence-electron chi connectivity index (χ3n) is 4.06. The number of hydrogen-bond acceptors (Lipinski definition) is 4. The second kappa shape index (κ2) is 6.20. The second-order valence-electron chi connectivity index (χ2n) is 6.13. The third kappa shape index (κ3) is 3.21. The van der Waals surface area contributed by atoms with Gasteiger partial charge in [0.1, 0.15) is 0 Å². The van der Waals surface area contributed by atoms with Crippen molar-refractivity contribution in [2.45, 2.75) is 26.5 Å². The number of aliphatic hydroxyl groups excluding tert-OH is 1. The fourth-order valence-corrected chi connectivity index (χ4v) is 3.09. The number of ether oxygens (including phenoxy) is 1. The number of aromatic nitrogens is 1. The van der Waals surface area contributed by atoms with Crippen LogP contribution in [0.3, 0.4) is 0 Å². The summed E-state index contributed by atoms with van der Waals surface area (Å²) in [5.74, 6) is 0. The Morgan fingerprint density at radius 3 is 3.00 bits per heavy atom. The van der Waals surface area contributed by atoms with Gasteiger partial charge in [0.2, 0.25) is 0 Å². The van der Waals surface area contributed by atoms with E-state index in [9.17, 15) is 9.90 Å². The number of benzene rings is 1. The first-order valence-electron chi connectivity index (χ1n) is 7.64. The third-order valence-corrected chi connectivity index (χ3v) is 4.06. The Balaban J connectivity index is 1.93. The summed E-state index contributed by atoms with van der Waals surface area (Å²) in [6.45, 7) is 6.92. The van der Waals surface area contributed by atoms with E-state index in [0.29, 0.717) is 26.3 Å². The topological polar surface area (TPSA) is 65.6 Å². The zero-order chi connectivity index (χ0) is 15.7. The molecular weight excluding hydrogens is 280 g/mol. The molecule has 0 saturated carbocycles. The molecule has 22 heavy (non-hydrogen) atoms. The minimum atomic E-state index is -0.473. The zero-order valence-corrected chi connectivity index (χ0v) is 13.1.